The van der Waals surface area contributed by atoms with Crippen LogP contribution in [0.1, 0.15) is 31.2 Å². The van der Waals surface area contributed by atoms with Gasteiger partial charge in [0.05, 0.1) is 0 Å². The average Bonchev–Trinajstić information content (AvgIpc) is 2.97. The van der Waals surface area contributed by atoms with Crippen LogP contribution in [0.3, 0.4) is 0 Å². The zero-order valence-corrected chi connectivity index (χ0v) is 15.0. The van der Waals surface area contributed by atoms with Crippen LogP contribution in [0.2, 0.25) is 0 Å². The van der Waals surface area contributed by atoms with Gasteiger partial charge in [0.25, 0.3) is 5.91 Å². The fraction of sp³-hybridized carbons (Fsp3) is 0.556. The third kappa shape index (κ3) is 4.57. The van der Waals surface area contributed by atoms with Gasteiger partial charge in [0, 0.05) is 31.4 Å². The molecule has 2 aliphatic heterocycles. The topological polar surface area (TPSA) is 94.6 Å². The number of urea groups is 1. The van der Waals surface area contributed by atoms with Gasteiger partial charge in [-0.25, -0.2) is 4.79 Å². The molecule has 1 aromatic heterocycles. The van der Waals surface area contributed by atoms with Gasteiger partial charge in [0.2, 0.25) is 5.91 Å². The molecule has 0 radical (unpaired) electrons. The van der Waals surface area contributed by atoms with Crippen molar-refractivity contribution in [1.82, 2.24) is 25.4 Å². The Hall–Kier alpha value is -2.48. The molecule has 0 spiro atoms. The molecule has 3 rings (SSSR count). The van der Waals surface area contributed by atoms with Gasteiger partial charge in [-0.15, -0.1) is 0 Å². The van der Waals surface area contributed by atoms with Gasteiger partial charge < -0.3 is 15.1 Å². The molecule has 0 aliphatic carbocycles. The number of hydrogen-bond donors (Lipinski definition) is 2. The quantitative estimate of drug-likeness (QED) is 0.721. The van der Waals surface area contributed by atoms with Crippen molar-refractivity contribution in [2.45, 2.75) is 44.3 Å². The number of aromatic nitrogens is 1. The summed E-state index contributed by atoms with van der Waals surface area (Å²) in [6.45, 7) is 2.47. The number of rotatable bonds is 6. The Morgan fingerprint density at radius 1 is 1.27 bits per heavy atom. The highest BCUT2D eigenvalue weighted by molar-refractivity contribution is 6.04. The monoisotopic (exact) mass is 359 g/mol. The smallest absolute Gasteiger partial charge is 0.322 e. The van der Waals surface area contributed by atoms with Crippen molar-refractivity contribution in [3.63, 3.8) is 0 Å². The molecule has 2 aliphatic rings. The van der Waals surface area contributed by atoms with E-state index in [1.54, 1.807) is 12.4 Å². The number of likely N-dealkylation sites (tertiary alicyclic amines) is 1. The first-order valence-electron chi connectivity index (χ1n) is 9.01. The first-order chi connectivity index (χ1) is 12.5. The lowest BCUT2D eigenvalue weighted by Crippen LogP contribution is -2.46. The van der Waals surface area contributed by atoms with E-state index in [4.69, 9.17) is 0 Å². The van der Waals surface area contributed by atoms with Gasteiger partial charge in [-0.05, 0) is 57.1 Å². The molecule has 3 heterocycles. The molecule has 1 atom stereocenters. The van der Waals surface area contributed by atoms with Crippen LogP contribution >= 0.6 is 0 Å². The van der Waals surface area contributed by atoms with Crippen LogP contribution in [0.5, 0.6) is 0 Å². The molecule has 1 unspecified atom stereocenters. The lowest BCUT2D eigenvalue weighted by Gasteiger charge is -2.37. The Labute approximate surface area is 152 Å². The maximum absolute atomic E-state index is 12.9. The zero-order valence-electron chi connectivity index (χ0n) is 15.0. The average molecular weight is 359 g/mol. The molecular weight excluding hydrogens is 334 g/mol. The Bertz CT molecular complexity index is 658. The third-order valence-corrected chi connectivity index (χ3v) is 5.06. The van der Waals surface area contributed by atoms with E-state index in [9.17, 15) is 14.4 Å². The highest BCUT2D eigenvalue weighted by Gasteiger charge is 2.32. The van der Waals surface area contributed by atoms with Gasteiger partial charge >= 0.3 is 6.03 Å². The van der Waals surface area contributed by atoms with Crippen molar-refractivity contribution >= 4 is 17.8 Å². The maximum Gasteiger partial charge on any atom is 0.322 e. The summed E-state index contributed by atoms with van der Waals surface area (Å²) in [4.78, 5) is 44.0. The summed E-state index contributed by atoms with van der Waals surface area (Å²) < 4.78 is 0. The summed E-state index contributed by atoms with van der Waals surface area (Å²) >= 11 is 0. The van der Waals surface area contributed by atoms with Crippen molar-refractivity contribution < 1.29 is 14.4 Å². The summed E-state index contributed by atoms with van der Waals surface area (Å²) in [5.74, 6) is -0.340. The van der Waals surface area contributed by atoms with Crippen LogP contribution in [-0.4, -0.2) is 64.9 Å². The predicted molar refractivity (Wildman–Crippen MR) is 95.0 cm³/mol. The number of carbonyl (C=O) groups is 3. The van der Waals surface area contributed by atoms with Crippen molar-refractivity contribution in [1.29, 1.82) is 0 Å². The maximum atomic E-state index is 12.9. The van der Waals surface area contributed by atoms with Crippen LogP contribution in [0.15, 0.2) is 24.5 Å². The van der Waals surface area contributed by atoms with Crippen LogP contribution in [0.4, 0.5) is 4.79 Å². The molecule has 2 saturated heterocycles. The third-order valence-electron chi connectivity index (χ3n) is 5.06. The lowest BCUT2D eigenvalue weighted by molar-refractivity contribution is -0.135. The molecular formula is C18H25N5O3. The number of nitrogens with one attached hydrogen (secondary N) is 2. The molecule has 1 aromatic rings. The normalized spacial score (nSPS) is 21.3. The Morgan fingerprint density at radius 2 is 1.96 bits per heavy atom. The highest BCUT2D eigenvalue weighted by Crippen LogP contribution is 2.20. The number of nitrogens with zero attached hydrogens (tertiary/aromatic N) is 3. The number of piperidine rings is 1. The number of carbonyl (C=O) groups excluding carboxylic acids is 3. The van der Waals surface area contributed by atoms with Crippen molar-refractivity contribution in [2.75, 3.05) is 20.1 Å². The number of amides is 4. The highest BCUT2D eigenvalue weighted by atomic mass is 16.2. The number of imide groups is 1. The molecule has 8 heteroatoms. The molecule has 26 heavy (non-hydrogen) atoms. The summed E-state index contributed by atoms with van der Waals surface area (Å²) in [7, 11) is 2.09. The van der Waals surface area contributed by atoms with Crippen LogP contribution in [-0.2, 0) is 16.1 Å². The Kier molecular flexibility index (Phi) is 5.82. The van der Waals surface area contributed by atoms with Crippen molar-refractivity contribution in [3.8, 4) is 0 Å². The molecule has 2 fully saturated rings. The van der Waals surface area contributed by atoms with Crippen LogP contribution in [0.25, 0.3) is 0 Å². The first-order valence-corrected chi connectivity index (χ1v) is 9.01. The largest absolute Gasteiger partial charge is 0.335 e. The molecule has 8 nitrogen and oxygen atoms in total. The van der Waals surface area contributed by atoms with E-state index in [2.05, 4.69) is 27.6 Å². The SMILES string of the molecule is CN1CCC(N(Cc2ccncc2)C(=O)CCC2NC(=O)NC2=O)CC1. The van der Waals surface area contributed by atoms with E-state index in [0.717, 1.165) is 31.5 Å². The summed E-state index contributed by atoms with van der Waals surface area (Å²) in [5.41, 5.74) is 1.04. The first kappa shape index (κ1) is 18.3. The fourth-order valence-electron chi connectivity index (χ4n) is 3.49. The second kappa shape index (κ2) is 8.27. The molecule has 140 valence electrons. The molecule has 0 aromatic carbocycles. The summed E-state index contributed by atoms with van der Waals surface area (Å²) in [6.07, 6.45) is 5.88. The molecule has 0 saturated carbocycles. The Morgan fingerprint density at radius 3 is 2.58 bits per heavy atom. The second-order valence-electron chi connectivity index (χ2n) is 6.97. The number of pyridine rings is 1. The standard InChI is InChI=1S/C18H25N5O3/c1-22-10-6-14(7-11-22)23(12-13-4-8-19-9-5-13)16(24)3-2-15-17(25)21-18(26)20-15/h4-5,8-9,14-15H,2-3,6-7,10-12H2,1H3,(H2,20,21,25,26). The Balaban J connectivity index is 1.64. The van der Waals surface area contributed by atoms with Crippen molar-refractivity contribution in [2.24, 2.45) is 0 Å². The van der Waals surface area contributed by atoms with Gasteiger partial charge in [0.15, 0.2) is 0 Å². The van der Waals surface area contributed by atoms with E-state index < -0.39 is 12.1 Å². The fourth-order valence-corrected chi connectivity index (χ4v) is 3.49. The van der Waals surface area contributed by atoms with E-state index in [1.165, 1.54) is 0 Å². The zero-order chi connectivity index (χ0) is 18.5. The van der Waals surface area contributed by atoms with Crippen LogP contribution in [0, 0.1) is 0 Å². The minimum absolute atomic E-state index is 0.0188. The van der Waals surface area contributed by atoms with E-state index in [1.807, 2.05) is 17.0 Å². The van der Waals surface area contributed by atoms with E-state index >= 15 is 0 Å². The summed E-state index contributed by atoms with van der Waals surface area (Å²) in [5, 5.41) is 4.75. The van der Waals surface area contributed by atoms with Gasteiger partial charge in [0.1, 0.15) is 6.04 Å². The molecule has 2 N–H and O–H groups in total. The van der Waals surface area contributed by atoms with Crippen LogP contribution < -0.4 is 10.6 Å². The van der Waals surface area contributed by atoms with E-state index in [-0.39, 0.29) is 24.3 Å². The minimum Gasteiger partial charge on any atom is -0.335 e. The summed E-state index contributed by atoms with van der Waals surface area (Å²) in [6, 6.07) is 2.92. The minimum atomic E-state index is -0.619. The number of hydrogen-bond acceptors (Lipinski definition) is 5. The van der Waals surface area contributed by atoms with Gasteiger partial charge in [-0.1, -0.05) is 0 Å². The molecule has 4 amide bonds. The molecule has 0 bridgehead atoms. The lowest BCUT2D eigenvalue weighted by atomic mass is 10.0. The van der Waals surface area contributed by atoms with Gasteiger partial charge in [-0.3, -0.25) is 19.9 Å². The second-order valence-corrected chi connectivity index (χ2v) is 6.97. The van der Waals surface area contributed by atoms with Gasteiger partial charge in [-0.2, -0.15) is 0 Å². The van der Waals surface area contributed by atoms with Crippen molar-refractivity contribution in [3.05, 3.63) is 30.1 Å². The van der Waals surface area contributed by atoms with E-state index in [0.29, 0.717) is 13.0 Å². The predicted octanol–water partition coefficient (Wildman–Crippen LogP) is 0.493.